The summed E-state index contributed by atoms with van der Waals surface area (Å²) in [5.74, 6) is 2.53. The van der Waals surface area contributed by atoms with Gasteiger partial charge in [-0.05, 0) is 43.4 Å². The first-order chi connectivity index (χ1) is 8.08. The largest absolute Gasteiger partial charge is 0.380 e. The van der Waals surface area contributed by atoms with Gasteiger partial charge in [-0.25, -0.2) is 0 Å². The SMILES string of the molecule is CC(C)CCOCCNC1CC(C)CC(C)C1. The molecule has 1 saturated carbocycles. The summed E-state index contributed by atoms with van der Waals surface area (Å²) in [6, 6.07) is 0.724. The number of rotatable bonds is 7. The van der Waals surface area contributed by atoms with E-state index in [-0.39, 0.29) is 0 Å². The van der Waals surface area contributed by atoms with Crippen LogP contribution < -0.4 is 5.32 Å². The first-order valence-corrected chi connectivity index (χ1v) is 7.39. The van der Waals surface area contributed by atoms with Crippen molar-refractivity contribution in [1.29, 1.82) is 0 Å². The lowest BCUT2D eigenvalue weighted by molar-refractivity contribution is 0.119. The van der Waals surface area contributed by atoms with E-state index in [1.165, 1.54) is 25.7 Å². The van der Waals surface area contributed by atoms with Gasteiger partial charge in [0.25, 0.3) is 0 Å². The molecule has 0 aliphatic heterocycles. The van der Waals surface area contributed by atoms with Crippen LogP contribution >= 0.6 is 0 Å². The summed E-state index contributed by atoms with van der Waals surface area (Å²) in [5, 5.41) is 3.65. The van der Waals surface area contributed by atoms with Gasteiger partial charge in [0.2, 0.25) is 0 Å². The van der Waals surface area contributed by atoms with Crippen LogP contribution in [0.15, 0.2) is 0 Å². The third-order valence-electron chi connectivity index (χ3n) is 3.70. The maximum Gasteiger partial charge on any atom is 0.0591 e. The van der Waals surface area contributed by atoms with E-state index >= 15 is 0 Å². The molecule has 0 spiro atoms. The molecule has 2 nitrogen and oxygen atoms in total. The van der Waals surface area contributed by atoms with E-state index in [2.05, 4.69) is 33.0 Å². The van der Waals surface area contributed by atoms with Crippen molar-refractivity contribution in [2.24, 2.45) is 17.8 Å². The van der Waals surface area contributed by atoms with Crippen LogP contribution in [0, 0.1) is 17.8 Å². The Morgan fingerprint density at radius 3 is 2.29 bits per heavy atom. The van der Waals surface area contributed by atoms with E-state index in [1.54, 1.807) is 0 Å². The Hall–Kier alpha value is -0.0800. The zero-order valence-corrected chi connectivity index (χ0v) is 12.2. The first-order valence-electron chi connectivity index (χ1n) is 7.39. The monoisotopic (exact) mass is 241 g/mol. The minimum absolute atomic E-state index is 0.724. The minimum Gasteiger partial charge on any atom is -0.380 e. The summed E-state index contributed by atoms with van der Waals surface area (Å²) in [6.07, 6.45) is 5.27. The highest BCUT2D eigenvalue weighted by Gasteiger charge is 2.22. The predicted octanol–water partition coefficient (Wildman–Crippen LogP) is 3.46. The molecule has 1 aliphatic rings. The Bertz CT molecular complexity index is 183. The van der Waals surface area contributed by atoms with Crippen LogP contribution in [0.5, 0.6) is 0 Å². The smallest absolute Gasteiger partial charge is 0.0591 e. The van der Waals surface area contributed by atoms with Gasteiger partial charge in [-0.1, -0.05) is 27.7 Å². The average molecular weight is 241 g/mol. The zero-order chi connectivity index (χ0) is 12.7. The van der Waals surface area contributed by atoms with Gasteiger partial charge in [0, 0.05) is 19.2 Å². The molecule has 0 heterocycles. The molecule has 0 aromatic carbocycles. The molecule has 0 radical (unpaired) electrons. The van der Waals surface area contributed by atoms with Crippen molar-refractivity contribution in [3.05, 3.63) is 0 Å². The third kappa shape index (κ3) is 7.05. The second-order valence-electron chi connectivity index (χ2n) is 6.36. The van der Waals surface area contributed by atoms with E-state index in [0.29, 0.717) is 0 Å². The molecule has 0 bridgehead atoms. The lowest BCUT2D eigenvalue weighted by Crippen LogP contribution is -2.38. The van der Waals surface area contributed by atoms with Crippen LogP contribution in [-0.4, -0.2) is 25.8 Å². The molecule has 2 unspecified atom stereocenters. The Kier molecular flexibility index (Phi) is 7.14. The van der Waals surface area contributed by atoms with Crippen molar-refractivity contribution in [3.63, 3.8) is 0 Å². The lowest BCUT2D eigenvalue weighted by atomic mass is 9.80. The number of ether oxygens (including phenoxy) is 1. The van der Waals surface area contributed by atoms with Gasteiger partial charge in [-0.3, -0.25) is 0 Å². The van der Waals surface area contributed by atoms with Crippen LogP contribution in [0.4, 0.5) is 0 Å². The molecular formula is C15H31NO. The van der Waals surface area contributed by atoms with Crippen LogP contribution in [0.1, 0.15) is 53.4 Å². The molecule has 17 heavy (non-hydrogen) atoms. The van der Waals surface area contributed by atoms with Crippen LogP contribution in [-0.2, 0) is 4.74 Å². The van der Waals surface area contributed by atoms with Crippen molar-refractivity contribution < 1.29 is 4.74 Å². The maximum absolute atomic E-state index is 5.63. The fourth-order valence-corrected chi connectivity index (χ4v) is 2.87. The molecule has 2 heteroatoms. The average Bonchev–Trinajstić information content (AvgIpc) is 2.21. The quantitative estimate of drug-likeness (QED) is 0.689. The normalized spacial score (nSPS) is 29.8. The summed E-state index contributed by atoms with van der Waals surface area (Å²) in [4.78, 5) is 0. The standard InChI is InChI=1S/C15H31NO/c1-12(2)5-7-17-8-6-16-15-10-13(3)9-14(4)11-15/h12-16H,5-11H2,1-4H3. The molecular weight excluding hydrogens is 210 g/mol. The molecule has 0 aromatic rings. The minimum atomic E-state index is 0.724. The van der Waals surface area contributed by atoms with Crippen molar-refractivity contribution in [2.45, 2.75) is 59.4 Å². The van der Waals surface area contributed by atoms with Gasteiger partial charge in [-0.2, -0.15) is 0 Å². The highest BCUT2D eigenvalue weighted by Crippen LogP contribution is 2.28. The van der Waals surface area contributed by atoms with Crippen molar-refractivity contribution in [3.8, 4) is 0 Å². The first kappa shape index (κ1) is 15.0. The van der Waals surface area contributed by atoms with Crippen molar-refractivity contribution in [1.82, 2.24) is 5.32 Å². The molecule has 0 amide bonds. The van der Waals surface area contributed by atoms with Crippen LogP contribution in [0.2, 0.25) is 0 Å². The van der Waals surface area contributed by atoms with Crippen LogP contribution in [0.3, 0.4) is 0 Å². The molecule has 1 N–H and O–H groups in total. The maximum atomic E-state index is 5.63. The summed E-state index contributed by atoms with van der Waals surface area (Å²) in [6.45, 7) is 12.0. The summed E-state index contributed by atoms with van der Waals surface area (Å²) >= 11 is 0. The zero-order valence-electron chi connectivity index (χ0n) is 12.2. The number of hydrogen-bond donors (Lipinski definition) is 1. The molecule has 1 fully saturated rings. The van der Waals surface area contributed by atoms with Gasteiger partial charge in [0.05, 0.1) is 6.61 Å². The highest BCUT2D eigenvalue weighted by molar-refractivity contribution is 4.79. The second kappa shape index (κ2) is 8.10. The molecule has 102 valence electrons. The fourth-order valence-electron chi connectivity index (χ4n) is 2.87. The number of hydrogen-bond acceptors (Lipinski definition) is 2. The lowest BCUT2D eigenvalue weighted by Gasteiger charge is -2.32. The van der Waals surface area contributed by atoms with E-state index in [0.717, 1.165) is 43.6 Å². The predicted molar refractivity (Wildman–Crippen MR) is 74.2 cm³/mol. The van der Waals surface area contributed by atoms with Gasteiger partial charge in [-0.15, -0.1) is 0 Å². The Labute approximate surface area is 108 Å². The molecule has 0 aromatic heterocycles. The molecule has 0 saturated heterocycles. The third-order valence-corrected chi connectivity index (χ3v) is 3.70. The van der Waals surface area contributed by atoms with Gasteiger partial charge in [0.1, 0.15) is 0 Å². The van der Waals surface area contributed by atoms with Gasteiger partial charge < -0.3 is 10.1 Å². The summed E-state index contributed by atoms with van der Waals surface area (Å²) in [7, 11) is 0. The topological polar surface area (TPSA) is 21.3 Å². The summed E-state index contributed by atoms with van der Waals surface area (Å²) in [5.41, 5.74) is 0. The fraction of sp³-hybridized carbons (Fsp3) is 1.00. The Morgan fingerprint density at radius 2 is 1.71 bits per heavy atom. The summed E-state index contributed by atoms with van der Waals surface area (Å²) < 4.78 is 5.63. The Balaban J connectivity index is 1.98. The van der Waals surface area contributed by atoms with E-state index in [1.807, 2.05) is 0 Å². The van der Waals surface area contributed by atoms with Gasteiger partial charge in [0.15, 0.2) is 0 Å². The van der Waals surface area contributed by atoms with E-state index in [4.69, 9.17) is 4.74 Å². The van der Waals surface area contributed by atoms with Crippen molar-refractivity contribution in [2.75, 3.05) is 19.8 Å². The molecule has 2 atom stereocenters. The van der Waals surface area contributed by atoms with Crippen LogP contribution in [0.25, 0.3) is 0 Å². The van der Waals surface area contributed by atoms with Gasteiger partial charge >= 0.3 is 0 Å². The van der Waals surface area contributed by atoms with E-state index < -0.39 is 0 Å². The van der Waals surface area contributed by atoms with Crippen molar-refractivity contribution >= 4 is 0 Å². The molecule has 1 aliphatic carbocycles. The highest BCUT2D eigenvalue weighted by atomic mass is 16.5. The number of nitrogens with one attached hydrogen (secondary N) is 1. The van der Waals surface area contributed by atoms with E-state index in [9.17, 15) is 0 Å². The second-order valence-corrected chi connectivity index (χ2v) is 6.36. The Morgan fingerprint density at radius 1 is 1.06 bits per heavy atom. The molecule has 1 rings (SSSR count).